The molecular weight excluding hydrogens is 424 g/mol. The van der Waals surface area contributed by atoms with Crippen LogP contribution in [0.1, 0.15) is 61.7 Å². The van der Waals surface area contributed by atoms with Crippen LogP contribution in [0.2, 0.25) is 0 Å². The number of nitrogens with one attached hydrogen (secondary N) is 1. The summed E-state index contributed by atoms with van der Waals surface area (Å²) in [4.78, 5) is 19.8. The Labute approximate surface area is 190 Å². The first-order chi connectivity index (χ1) is 15.5. The molecule has 1 aromatic heterocycles. The van der Waals surface area contributed by atoms with Gasteiger partial charge in [-0.2, -0.15) is 4.31 Å². The highest BCUT2D eigenvalue weighted by molar-refractivity contribution is 7.89. The van der Waals surface area contributed by atoms with Crippen molar-refractivity contribution < 1.29 is 13.2 Å². The lowest BCUT2D eigenvalue weighted by Gasteiger charge is -2.30. The van der Waals surface area contributed by atoms with Crippen molar-refractivity contribution in [2.24, 2.45) is 0 Å². The van der Waals surface area contributed by atoms with Gasteiger partial charge >= 0.3 is 0 Å². The van der Waals surface area contributed by atoms with Crippen LogP contribution in [0.25, 0.3) is 0 Å². The van der Waals surface area contributed by atoms with Crippen molar-refractivity contribution in [2.45, 2.75) is 62.3 Å². The number of benzene rings is 1. The molecule has 2 heterocycles. The highest BCUT2D eigenvalue weighted by Gasteiger charge is 2.29. The first-order valence-corrected chi connectivity index (χ1v) is 13.0. The van der Waals surface area contributed by atoms with Crippen molar-refractivity contribution in [3.63, 3.8) is 0 Å². The highest BCUT2D eigenvalue weighted by Crippen LogP contribution is 2.27. The summed E-state index contributed by atoms with van der Waals surface area (Å²) in [5.74, 6) is 0.464. The molecular formula is C24H32N4O3S. The molecule has 0 spiro atoms. The second-order valence-electron chi connectivity index (χ2n) is 8.71. The number of nitrogens with zero attached hydrogens (tertiary/aromatic N) is 3. The minimum atomic E-state index is -3.55. The Hall–Kier alpha value is -2.45. The van der Waals surface area contributed by atoms with E-state index in [1.54, 1.807) is 49.6 Å². The third-order valence-electron chi connectivity index (χ3n) is 6.56. The van der Waals surface area contributed by atoms with E-state index in [0.717, 1.165) is 51.6 Å². The number of hydrogen-bond acceptors (Lipinski definition) is 5. The zero-order valence-electron chi connectivity index (χ0n) is 18.7. The lowest BCUT2D eigenvalue weighted by molar-refractivity contribution is 0.102. The van der Waals surface area contributed by atoms with Crippen LogP contribution in [-0.4, -0.2) is 49.8 Å². The molecule has 0 radical (unpaired) electrons. The first kappa shape index (κ1) is 22.7. The van der Waals surface area contributed by atoms with Gasteiger partial charge in [0, 0.05) is 38.1 Å². The largest absolute Gasteiger partial charge is 0.356 e. The predicted molar refractivity (Wildman–Crippen MR) is 127 cm³/mol. The highest BCUT2D eigenvalue weighted by atomic mass is 32.2. The number of anilines is 2. The molecule has 2 fully saturated rings. The lowest BCUT2D eigenvalue weighted by atomic mass is 9.96. The van der Waals surface area contributed by atoms with Crippen LogP contribution in [-0.2, 0) is 10.0 Å². The Morgan fingerprint density at radius 3 is 2.34 bits per heavy atom. The Bertz CT molecular complexity index is 1030. The number of amides is 1. The van der Waals surface area contributed by atoms with E-state index < -0.39 is 10.0 Å². The number of aromatic nitrogens is 1. The number of sulfonamides is 1. The summed E-state index contributed by atoms with van der Waals surface area (Å²) in [6, 6.07) is 10.0. The molecule has 1 aliphatic carbocycles. The van der Waals surface area contributed by atoms with Crippen LogP contribution >= 0.6 is 0 Å². The quantitative estimate of drug-likeness (QED) is 0.702. The predicted octanol–water partition coefficient (Wildman–Crippen LogP) is 4.28. The van der Waals surface area contributed by atoms with E-state index in [4.69, 9.17) is 0 Å². The zero-order valence-corrected chi connectivity index (χ0v) is 19.5. The number of hydrogen-bond donors (Lipinski definition) is 1. The summed E-state index contributed by atoms with van der Waals surface area (Å²) in [7, 11) is -1.88. The van der Waals surface area contributed by atoms with Gasteiger partial charge in [-0.05, 0) is 68.5 Å². The van der Waals surface area contributed by atoms with Gasteiger partial charge in [-0.25, -0.2) is 13.4 Å². The minimum absolute atomic E-state index is 0.0620. The van der Waals surface area contributed by atoms with E-state index >= 15 is 0 Å². The molecule has 7 nitrogen and oxygen atoms in total. The molecule has 1 saturated carbocycles. The summed E-state index contributed by atoms with van der Waals surface area (Å²) in [6.07, 6.45) is 10.3. The van der Waals surface area contributed by atoms with Crippen molar-refractivity contribution in [1.29, 1.82) is 0 Å². The van der Waals surface area contributed by atoms with Crippen LogP contribution < -0.4 is 10.2 Å². The molecule has 32 heavy (non-hydrogen) atoms. The maximum atomic E-state index is 13.0. The molecule has 2 aromatic rings. The van der Waals surface area contributed by atoms with E-state index in [2.05, 4.69) is 15.2 Å². The summed E-state index contributed by atoms with van der Waals surface area (Å²) < 4.78 is 27.6. The first-order valence-electron chi connectivity index (χ1n) is 11.6. The Kier molecular flexibility index (Phi) is 7.10. The zero-order chi connectivity index (χ0) is 22.6. The van der Waals surface area contributed by atoms with Crippen molar-refractivity contribution >= 4 is 27.4 Å². The molecule has 2 aliphatic rings. The maximum absolute atomic E-state index is 13.0. The third kappa shape index (κ3) is 4.96. The van der Waals surface area contributed by atoms with Crippen LogP contribution in [0.5, 0.6) is 0 Å². The summed E-state index contributed by atoms with van der Waals surface area (Å²) >= 11 is 0. The van der Waals surface area contributed by atoms with Crippen LogP contribution in [0.15, 0.2) is 47.5 Å². The molecule has 0 atom stereocenters. The van der Waals surface area contributed by atoms with E-state index in [-0.39, 0.29) is 16.8 Å². The van der Waals surface area contributed by atoms with Gasteiger partial charge < -0.3 is 10.2 Å². The van der Waals surface area contributed by atoms with Crippen molar-refractivity contribution in [3.8, 4) is 0 Å². The van der Waals surface area contributed by atoms with E-state index in [1.807, 2.05) is 0 Å². The normalized spacial score (nSPS) is 18.0. The van der Waals surface area contributed by atoms with Gasteiger partial charge in [-0.3, -0.25) is 4.79 Å². The average molecular weight is 457 g/mol. The molecule has 1 amide bonds. The molecule has 0 bridgehead atoms. The summed E-state index contributed by atoms with van der Waals surface area (Å²) in [6.45, 7) is 1.80. The third-order valence-corrected chi connectivity index (χ3v) is 8.49. The van der Waals surface area contributed by atoms with Gasteiger partial charge in [0.05, 0.1) is 10.5 Å². The molecule has 1 aliphatic heterocycles. The number of piperidine rings is 1. The van der Waals surface area contributed by atoms with Gasteiger partial charge in [-0.15, -0.1) is 0 Å². The summed E-state index contributed by atoms with van der Waals surface area (Å²) in [5, 5.41) is 2.89. The topological polar surface area (TPSA) is 82.6 Å². The average Bonchev–Trinajstić information content (AvgIpc) is 2.85. The standard InChI is InChI=1S/C24H32N4O3S/c1-27(20-9-4-2-5-10-20)32(30,31)21-14-12-19(13-15-21)26-24(29)22-11-8-16-25-23(22)28-17-6-3-7-18-28/h8,11-16,20H,2-7,9-10,17-18H2,1H3,(H,26,29). The lowest BCUT2D eigenvalue weighted by Crippen LogP contribution is -2.38. The Morgan fingerprint density at radius 2 is 1.66 bits per heavy atom. The van der Waals surface area contributed by atoms with Crippen molar-refractivity contribution in [2.75, 3.05) is 30.4 Å². The Balaban J connectivity index is 1.47. The SMILES string of the molecule is CN(C1CCCCC1)S(=O)(=O)c1ccc(NC(=O)c2cccnc2N2CCCCC2)cc1. The van der Waals surface area contributed by atoms with E-state index in [0.29, 0.717) is 17.1 Å². The van der Waals surface area contributed by atoms with Gasteiger partial charge in [-0.1, -0.05) is 19.3 Å². The molecule has 1 N–H and O–H groups in total. The fourth-order valence-corrected chi connectivity index (χ4v) is 6.06. The number of carbonyl (C=O) groups excluding carboxylic acids is 1. The van der Waals surface area contributed by atoms with E-state index in [9.17, 15) is 13.2 Å². The molecule has 4 rings (SSSR count). The molecule has 0 unspecified atom stereocenters. The van der Waals surface area contributed by atoms with Gasteiger partial charge in [0.25, 0.3) is 5.91 Å². The van der Waals surface area contributed by atoms with Crippen molar-refractivity contribution in [1.82, 2.24) is 9.29 Å². The van der Waals surface area contributed by atoms with Gasteiger partial charge in [0.2, 0.25) is 10.0 Å². The molecule has 172 valence electrons. The van der Waals surface area contributed by atoms with Gasteiger partial charge in [0.1, 0.15) is 5.82 Å². The van der Waals surface area contributed by atoms with Crippen LogP contribution in [0.3, 0.4) is 0 Å². The van der Waals surface area contributed by atoms with E-state index in [1.165, 1.54) is 17.1 Å². The molecule has 8 heteroatoms. The molecule has 1 saturated heterocycles. The smallest absolute Gasteiger partial charge is 0.259 e. The molecule has 1 aromatic carbocycles. The van der Waals surface area contributed by atoms with Crippen LogP contribution in [0.4, 0.5) is 11.5 Å². The van der Waals surface area contributed by atoms with Crippen LogP contribution in [0, 0.1) is 0 Å². The number of pyridine rings is 1. The second kappa shape index (κ2) is 10.0. The van der Waals surface area contributed by atoms with Gasteiger partial charge in [0.15, 0.2) is 0 Å². The number of carbonyl (C=O) groups is 1. The maximum Gasteiger partial charge on any atom is 0.259 e. The Morgan fingerprint density at radius 1 is 1.00 bits per heavy atom. The monoisotopic (exact) mass is 456 g/mol. The second-order valence-corrected chi connectivity index (χ2v) is 10.7. The summed E-state index contributed by atoms with van der Waals surface area (Å²) in [5.41, 5.74) is 1.09. The van der Waals surface area contributed by atoms with Crippen molar-refractivity contribution in [3.05, 3.63) is 48.2 Å². The fourth-order valence-electron chi connectivity index (χ4n) is 4.65. The fraction of sp³-hybridized carbons (Fsp3) is 0.500. The number of rotatable bonds is 6. The minimum Gasteiger partial charge on any atom is -0.356 e.